The Kier molecular flexibility index (Phi) is 3.30. The van der Waals surface area contributed by atoms with Crippen molar-refractivity contribution in [1.29, 1.82) is 0 Å². The van der Waals surface area contributed by atoms with Crippen molar-refractivity contribution in [2.75, 3.05) is 19.6 Å². The molecule has 2 saturated heterocycles. The topological polar surface area (TPSA) is 70.0 Å². The second kappa shape index (κ2) is 4.27. The molecule has 2 fully saturated rings. The Bertz CT molecular complexity index is 343. The summed E-state index contributed by atoms with van der Waals surface area (Å²) in [5.41, 5.74) is -1.25. The van der Waals surface area contributed by atoms with E-state index in [2.05, 4.69) is 0 Å². The minimum atomic E-state index is -0.745. The number of rotatable bonds is 2. The van der Waals surface area contributed by atoms with E-state index in [1.165, 1.54) is 0 Å². The number of Topliss-reactive ketones (excluding diaryl/α,β-unsaturated/α-hetero) is 1. The third kappa shape index (κ3) is 2.32. The summed E-state index contributed by atoms with van der Waals surface area (Å²) in [5, 5.41) is 19.1. The summed E-state index contributed by atoms with van der Waals surface area (Å²) in [6, 6.07) is 0. The zero-order chi connectivity index (χ0) is 13.7. The van der Waals surface area contributed by atoms with Crippen LogP contribution in [-0.2, 0) is 9.53 Å². The van der Waals surface area contributed by atoms with E-state index >= 15 is 0 Å². The monoisotopic (exact) mass is 257 g/mol. The van der Waals surface area contributed by atoms with Gasteiger partial charge in [-0.3, -0.25) is 9.69 Å². The van der Waals surface area contributed by atoms with Crippen molar-refractivity contribution < 1.29 is 19.7 Å². The molecule has 5 heteroatoms. The summed E-state index contributed by atoms with van der Waals surface area (Å²) in [7, 11) is 0. The predicted octanol–water partition coefficient (Wildman–Crippen LogP) is -0.204. The lowest BCUT2D eigenvalue weighted by molar-refractivity contribution is -0.132. The quantitative estimate of drug-likeness (QED) is 0.717. The molecular formula is C13H23NO4. The van der Waals surface area contributed by atoms with Crippen molar-refractivity contribution in [2.45, 2.75) is 51.1 Å². The zero-order valence-electron chi connectivity index (χ0n) is 11.5. The zero-order valence-corrected chi connectivity index (χ0v) is 11.5. The summed E-state index contributed by atoms with van der Waals surface area (Å²) in [6.07, 6.45) is -1.42. The van der Waals surface area contributed by atoms with E-state index in [1.54, 1.807) is 13.8 Å². The average molecular weight is 257 g/mol. The minimum absolute atomic E-state index is 0.100. The molecule has 2 N–H and O–H groups in total. The number of nitrogens with zero attached hydrogens (tertiary/aromatic N) is 1. The molecule has 18 heavy (non-hydrogen) atoms. The predicted molar refractivity (Wildman–Crippen MR) is 66.2 cm³/mol. The average Bonchev–Trinajstić information content (AvgIpc) is 2.58. The van der Waals surface area contributed by atoms with Crippen LogP contribution in [-0.4, -0.2) is 63.9 Å². The number of carbonyl (C=O) groups excluding carboxylic acids is 1. The summed E-state index contributed by atoms with van der Waals surface area (Å²) >= 11 is 0. The van der Waals surface area contributed by atoms with Crippen molar-refractivity contribution in [1.82, 2.24) is 4.90 Å². The molecule has 3 atom stereocenters. The smallest absolute Gasteiger partial charge is 0.171 e. The van der Waals surface area contributed by atoms with Crippen LogP contribution in [0.3, 0.4) is 0 Å². The normalized spacial score (nSPS) is 39.4. The first-order valence-electron chi connectivity index (χ1n) is 6.46. The largest absolute Gasteiger partial charge is 0.389 e. The molecule has 2 rings (SSSR count). The van der Waals surface area contributed by atoms with Crippen molar-refractivity contribution in [3.63, 3.8) is 0 Å². The molecule has 0 spiro atoms. The van der Waals surface area contributed by atoms with Gasteiger partial charge in [0.2, 0.25) is 0 Å². The molecule has 0 aliphatic carbocycles. The molecule has 2 aliphatic rings. The van der Waals surface area contributed by atoms with E-state index in [4.69, 9.17) is 4.74 Å². The molecule has 2 heterocycles. The highest BCUT2D eigenvalue weighted by atomic mass is 16.5. The maximum absolute atomic E-state index is 12.3. The standard InChI is InChI=1S/C13H23NO4/c1-12(2)8(11(17)13(3,4)18-12)5-14-6-9(15)10(16)7-14/h8-10,15-16H,5-7H2,1-4H3. The molecule has 5 nitrogen and oxygen atoms in total. The first kappa shape index (κ1) is 13.9. The van der Waals surface area contributed by atoms with E-state index in [9.17, 15) is 15.0 Å². The minimum Gasteiger partial charge on any atom is -0.389 e. The molecule has 0 amide bonds. The van der Waals surface area contributed by atoms with Crippen LogP contribution in [0.4, 0.5) is 0 Å². The van der Waals surface area contributed by atoms with Crippen LogP contribution in [0.25, 0.3) is 0 Å². The van der Waals surface area contributed by atoms with Crippen LogP contribution in [0.5, 0.6) is 0 Å². The van der Waals surface area contributed by atoms with Crippen molar-refractivity contribution >= 4 is 5.78 Å². The van der Waals surface area contributed by atoms with E-state index in [1.807, 2.05) is 18.7 Å². The van der Waals surface area contributed by atoms with E-state index in [0.717, 1.165) is 0 Å². The van der Waals surface area contributed by atoms with Crippen LogP contribution in [0.2, 0.25) is 0 Å². The Morgan fingerprint density at radius 1 is 1.22 bits per heavy atom. The SMILES string of the molecule is CC1(C)OC(C)(C)C(CN2CC(O)C(O)C2)C1=O. The highest BCUT2D eigenvalue weighted by Crippen LogP contribution is 2.39. The molecular weight excluding hydrogens is 234 g/mol. The molecule has 0 aromatic rings. The van der Waals surface area contributed by atoms with E-state index < -0.39 is 23.4 Å². The Balaban J connectivity index is 2.07. The van der Waals surface area contributed by atoms with Gasteiger partial charge in [-0.2, -0.15) is 0 Å². The first-order valence-corrected chi connectivity index (χ1v) is 6.46. The van der Waals surface area contributed by atoms with Crippen LogP contribution < -0.4 is 0 Å². The number of likely N-dealkylation sites (tertiary alicyclic amines) is 1. The Morgan fingerprint density at radius 3 is 2.11 bits per heavy atom. The van der Waals surface area contributed by atoms with Crippen molar-refractivity contribution in [2.24, 2.45) is 5.92 Å². The van der Waals surface area contributed by atoms with E-state index in [-0.39, 0.29) is 11.7 Å². The van der Waals surface area contributed by atoms with Gasteiger partial charge in [0.05, 0.1) is 23.7 Å². The lowest BCUT2D eigenvalue weighted by Gasteiger charge is -2.28. The van der Waals surface area contributed by atoms with Gasteiger partial charge < -0.3 is 14.9 Å². The first-order chi connectivity index (χ1) is 8.13. The van der Waals surface area contributed by atoms with Crippen LogP contribution in [0.15, 0.2) is 0 Å². The number of ether oxygens (including phenoxy) is 1. The number of aliphatic hydroxyl groups is 2. The van der Waals surface area contributed by atoms with Crippen LogP contribution in [0, 0.1) is 5.92 Å². The van der Waals surface area contributed by atoms with Crippen molar-refractivity contribution in [3.8, 4) is 0 Å². The van der Waals surface area contributed by atoms with Gasteiger partial charge in [-0.15, -0.1) is 0 Å². The second-order valence-corrected chi connectivity index (χ2v) is 6.49. The van der Waals surface area contributed by atoms with Gasteiger partial charge in [-0.05, 0) is 27.7 Å². The van der Waals surface area contributed by atoms with Gasteiger partial charge in [0.25, 0.3) is 0 Å². The summed E-state index contributed by atoms with van der Waals surface area (Å²) in [5.74, 6) is -0.117. The summed E-state index contributed by atoms with van der Waals surface area (Å²) < 4.78 is 5.82. The summed E-state index contributed by atoms with van der Waals surface area (Å²) in [4.78, 5) is 14.3. The number of ketones is 1. The lowest BCUT2D eigenvalue weighted by atomic mass is 9.85. The van der Waals surface area contributed by atoms with E-state index in [0.29, 0.717) is 19.6 Å². The molecule has 104 valence electrons. The van der Waals surface area contributed by atoms with Gasteiger partial charge in [-0.1, -0.05) is 0 Å². The maximum Gasteiger partial charge on any atom is 0.171 e. The molecule has 2 aliphatic heterocycles. The number of hydrogen-bond acceptors (Lipinski definition) is 5. The Labute approximate surface area is 108 Å². The fourth-order valence-electron chi connectivity index (χ4n) is 3.07. The molecule has 3 unspecified atom stereocenters. The number of aliphatic hydroxyl groups excluding tert-OH is 2. The fourth-order valence-corrected chi connectivity index (χ4v) is 3.07. The molecule has 0 bridgehead atoms. The van der Waals surface area contributed by atoms with Gasteiger partial charge in [0, 0.05) is 19.6 Å². The second-order valence-electron chi connectivity index (χ2n) is 6.49. The lowest BCUT2D eigenvalue weighted by Crippen LogP contribution is -2.40. The third-order valence-corrected chi connectivity index (χ3v) is 4.04. The number of carbonyl (C=O) groups is 1. The van der Waals surface area contributed by atoms with Gasteiger partial charge in [-0.25, -0.2) is 0 Å². The molecule has 0 saturated carbocycles. The number of β-amino-alcohol motifs (C(OH)–C–C–N with tert-alkyl or cyclic N) is 2. The summed E-state index contributed by atoms with van der Waals surface area (Å²) in [6.45, 7) is 8.81. The van der Waals surface area contributed by atoms with Crippen molar-refractivity contribution in [3.05, 3.63) is 0 Å². The molecule has 0 radical (unpaired) electrons. The van der Waals surface area contributed by atoms with Crippen LogP contribution in [0.1, 0.15) is 27.7 Å². The van der Waals surface area contributed by atoms with Gasteiger partial charge >= 0.3 is 0 Å². The Hall–Kier alpha value is -0.490. The van der Waals surface area contributed by atoms with Gasteiger partial charge in [0.1, 0.15) is 5.60 Å². The highest BCUT2D eigenvalue weighted by Gasteiger charge is 2.53. The van der Waals surface area contributed by atoms with Crippen LogP contribution >= 0.6 is 0 Å². The highest BCUT2D eigenvalue weighted by molar-refractivity contribution is 5.91. The third-order valence-electron chi connectivity index (χ3n) is 4.04. The maximum atomic E-state index is 12.3. The number of hydrogen-bond donors (Lipinski definition) is 2. The molecule has 0 aromatic heterocycles. The molecule has 0 aromatic carbocycles. The van der Waals surface area contributed by atoms with Gasteiger partial charge in [0.15, 0.2) is 5.78 Å². The Morgan fingerprint density at radius 2 is 1.72 bits per heavy atom. The fraction of sp³-hybridized carbons (Fsp3) is 0.923.